The highest BCUT2D eigenvalue weighted by Crippen LogP contribution is 2.32. The molecular weight excluding hydrogens is 520 g/mol. The van der Waals surface area contributed by atoms with Crippen molar-refractivity contribution >= 4 is 28.2 Å². The molecule has 1 saturated heterocycles. The van der Waals surface area contributed by atoms with Gasteiger partial charge in [0.05, 0.1) is 29.5 Å². The summed E-state index contributed by atoms with van der Waals surface area (Å²) in [6.07, 6.45) is 4.08. The van der Waals surface area contributed by atoms with E-state index >= 15 is 0 Å². The first-order chi connectivity index (χ1) is 18.4. The van der Waals surface area contributed by atoms with Crippen molar-refractivity contribution in [2.75, 3.05) is 20.3 Å². The number of ether oxygens (including phenoxy) is 2. The van der Waals surface area contributed by atoms with Gasteiger partial charge in [-0.1, -0.05) is 11.6 Å². The van der Waals surface area contributed by atoms with Crippen LogP contribution in [0.1, 0.15) is 24.5 Å². The second-order valence-corrected chi connectivity index (χ2v) is 9.29. The van der Waals surface area contributed by atoms with Crippen molar-refractivity contribution in [1.82, 2.24) is 23.5 Å². The minimum atomic E-state index is -0.762. The maximum Gasteiger partial charge on any atom is 0.342 e. The Labute approximate surface area is 218 Å². The predicted octanol–water partition coefficient (Wildman–Crippen LogP) is 4.02. The van der Waals surface area contributed by atoms with Gasteiger partial charge in [-0.2, -0.15) is 0 Å². The molecule has 0 spiro atoms. The highest BCUT2D eigenvalue weighted by molar-refractivity contribution is 6.30. The van der Waals surface area contributed by atoms with Crippen molar-refractivity contribution < 1.29 is 18.3 Å². The highest BCUT2D eigenvalue weighted by Gasteiger charge is 2.26. The Morgan fingerprint density at radius 3 is 2.61 bits per heavy atom. The maximum absolute atomic E-state index is 14.1. The summed E-state index contributed by atoms with van der Waals surface area (Å²) in [5.41, 5.74) is -0.173. The lowest BCUT2D eigenvalue weighted by molar-refractivity contribution is 0.0844. The topological polar surface area (TPSA) is 92.7 Å². The smallest absolute Gasteiger partial charge is 0.342 e. The quantitative estimate of drug-likeness (QED) is 0.342. The lowest BCUT2D eigenvalue weighted by Crippen LogP contribution is -2.39. The van der Waals surface area contributed by atoms with E-state index in [0.29, 0.717) is 31.7 Å². The normalized spacial score (nSPS) is 14.4. The van der Waals surface area contributed by atoms with Gasteiger partial charge < -0.3 is 9.47 Å². The molecule has 4 aromatic heterocycles. The zero-order valence-electron chi connectivity index (χ0n) is 20.0. The summed E-state index contributed by atoms with van der Waals surface area (Å²) >= 11 is 6.08. The highest BCUT2D eigenvalue weighted by atomic mass is 35.5. The number of hydrogen-bond acceptors (Lipinski definition) is 6. The molecule has 0 amide bonds. The van der Waals surface area contributed by atoms with Crippen LogP contribution in [0.25, 0.3) is 28.1 Å². The Morgan fingerprint density at radius 2 is 1.87 bits per heavy atom. The van der Waals surface area contributed by atoms with E-state index in [1.807, 2.05) is 0 Å². The molecule has 0 atom stereocenters. The van der Waals surface area contributed by atoms with Crippen molar-refractivity contribution in [2.45, 2.75) is 18.8 Å². The summed E-state index contributed by atoms with van der Waals surface area (Å²) in [4.78, 5) is 36.8. The Hall–Kier alpha value is -4.09. The van der Waals surface area contributed by atoms with Gasteiger partial charge >= 0.3 is 5.69 Å². The summed E-state index contributed by atoms with van der Waals surface area (Å²) in [5, 5.41) is -0.170. The monoisotopic (exact) mass is 539 g/mol. The molecule has 0 saturated carbocycles. The minimum Gasteiger partial charge on any atom is -0.480 e. The SMILES string of the molecule is COc1nc(C2CCOCC2)cc2c1c(=O)n(-c1cnc3cc(F)ccn13)c(=O)n2-c1ccc(F)c(Cl)c1. The first kappa shape index (κ1) is 24.3. The molecular formula is C26H20ClF2N5O4. The number of benzene rings is 1. The predicted molar refractivity (Wildman–Crippen MR) is 136 cm³/mol. The zero-order chi connectivity index (χ0) is 26.6. The first-order valence-electron chi connectivity index (χ1n) is 11.8. The van der Waals surface area contributed by atoms with Crippen LogP contribution in [0.5, 0.6) is 5.88 Å². The number of imidazole rings is 1. The summed E-state index contributed by atoms with van der Waals surface area (Å²) in [5.74, 6) is -1.05. The molecule has 6 rings (SSSR count). The summed E-state index contributed by atoms with van der Waals surface area (Å²) in [6.45, 7) is 1.12. The Balaban J connectivity index is 1.74. The van der Waals surface area contributed by atoms with Crippen molar-refractivity contribution in [3.05, 3.63) is 92.0 Å². The van der Waals surface area contributed by atoms with E-state index in [1.54, 1.807) is 6.07 Å². The molecule has 1 fully saturated rings. The molecule has 1 aliphatic heterocycles. The average Bonchev–Trinajstić information content (AvgIpc) is 3.33. The minimum absolute atomic E-state index is 0.0264. The average molecular weight is 540 g/mol. The molecule has 1 aromatic carbocycles. The van der Waals surface area contributed by atoms with E-state index < -0.39 is 22.9 Å². The van der Waals surface area contributed by atoms with E-state index in [0.717, 1.165) is 10.6 Å². The number of methoxy groups -OCH3 is 1. The van der Waals surface area contributed by atoms with E-state index in [4.69, 9.17) is 21.1 Å². The van der Waals surface area contributed by atoms with Gasteiger partial charge in [-0.05, 0) is 43.2 Å². The molecule has 5 heterocycles. The molecule has 9 nitrogen and oxygen atoms in total. The van der Waals surface area contributed by atoms with Crippen LogP contribution in [-0.2, 0) is 4.74 Å². The third-order valence-electron chi connectivity index (χ3n) is 6.70. The van der Waals surface area contributed by atoms with Crippen molar-refractivity contribution in [3.8, 4) is 17.4 Å². The fourth-order valence-electron chi connectivity index (χ4n) is 4.84. The van der Waals surface area contributed by atoms with Gasteiger partial charge in [0.2, 0.25) is 5.88 Å². The largest absolute Gasteiger partial charge is 0.480 e. The van der Waals surface area contributed by atoms with Gasteiger partial charge in [0.15, 0.2) is 0 Å². The van der Waals surface area contributed by atoms with Gasteiger partial charge in [-0.15, -0.1) is 0 Å². The van der Waals surface area contributed by atoms with Gasteiger partial charge in [-0.25, -0.2) is 28.1 Å². The number of halogens is 3. The number of rotatable bonds is 4. The molecule has 194 valence electrons. The summed E-state index contributed by atoms with van der Waals surface area (Å²) < 4.78 is 42.5. The van der Waals surface area contributed by atoms with Crippen molar-refractivity contribution in [3.63, 3.8) is 0 Å². The van der Waals surface area contributed by atoms with Crippen LogP contribution >= 0.6 is 11.6 Å². The van der Waals surface area contributed by atoms with E-state index in [-0.39, 0.29) is 44.9 Å². The zero-order valence-corrected chi connectivity index (χ0v) is 20.8. The van der Waals surface area contributed by atoms with Gasteiger partial charge in [-0.3, -0.25) is 13.8 Å². The maximum atomic E-state index is 14.1. The van der Waals surface area contributed by atoms with Crippen LogP contribution in [-0.4, -0.2) is 43.8 Å². The number of fused-ring (bicyclic) bond motifs is 2. The molecule has 0 unspecified atom stereocenters. The summed E-state index contributed by atoms with van der Waals surface area (Å²) in [7, 11) is 1.39. The van der Waals surface area contributed by atoms with Gasteiger partial charge in [0, 0.05) is 37.1 Å². The van der Waals surface area contributed by atoms with E-state index in [1.165, 1.54) is 52.7 Å². The molecule has 38 heavy (non-hydrogen) atoms. The lowest BCUT2D eigenvalue weighted by Gasteiger charge is -2.23. The van der Waals surface area contributed by atoms with Gasteiger partial charge in [0.1, 0.15) is 28.5 Å². The second-order valence-electron chi connectivity index (χ2n) is 8.88. The van der Waals surface area contributed by atoms with Crippen molar-refractivity contribution in [2.24, 2.45) is 0 Å². The fraction of sp³-hybridized carbons (Fsp3) is 0.231. The number of aromatic nitrogens is 5. The molecule has 0 bridgehead atoms. The van der Waals surface area contributed by atoms with Gasteiger partial charge in [0.25, 0.3) is 5.56 Å². The number of hydrogen-bond donors (Lipinski definition) is 0. The first-order valence-corrected chi connectivity index (χ1v) is 12.2. The third-order valence-corrected chi connectivity index (χ3v) is 6.99. The molecule has 5 aromatic rings. The standard InChI is InChI=1S/C26H20ClF2N5O4/c1-37-24-23-20(12-19(31-24)14-5-8-38-9-6-14)33(16-2-3-18(29)17(27)11-16)26(36)34(25(23)35)22-13-30-21-10-15(28)4-7-32(21)22/h2-4,7,10-14H,5-6,8-9H2,1H3. The van der Waals surface area contributed by atoms with Crippen LogP contribution in [0.4, 0.5) is 8.78 Å². The van der Waals surface area contributed by atoms with Crippen LogP contribution in [0.15, 0.2) is 58.4 Å². The molecule has 1 aliphatic rings. The Bertz CT molecular complexity index is 1840. The molecule has 0 N–H and O–H groups in total. The van der Waals surface area contributed by atoms with E-state index in [2.05, 4.69) is 9.97 Å². The number of nitrogens with zero attached hydrogens (tertiary/aromatic N) is 5. The van der Waals surface area contributed by atoms with E-state index in [9.17, 15) is 18.4 Å². The molecule has 12 heteroatoms. The lowest BCUT2D eigenvalue weighted by atomic mass is 9.95. The molecule has 0 radical (unpaired) electrons. The van der Waals surface area contributed by atoms with Crippen LogP contribution in [0.3, 0.4) is 0 Å². The molecule has 0 aliphatic carbocycles. The Kier molecular flexibility index (Phi) is 5.96. The van der Waals surface area contributed by atoms with Crippen LogP contribution < -0.4 is 16.0 Å². The fourth-order valence-corrected chi connectivity index (χ4v) is 5.01. The summed E-state index contributed by atoms with van der Waals surface area (Å²) in [6, 6.07) is 7.88. The van der Waals surface area contributed by atoms with Crippen LogP contribution in [0, 0.1) is 11.6 Å². The van der Waals surface area contributed by atoms with Crippen LogP contribution in [0.2, 0.25) is 5.02 Å². The van der Waals surface area contributed by atoms with Crippen molar-refractivity contribution in [1.29, 1.82) is 0 Å². The third kappa shape index (κ3) is 3.86. The number of pyridine rings is 2. The Morgan fingerprint density at radius 1 is 1.08 bits per heavy atom. The second kappa shape index (κ2) is 9.34.